The van der Waals surface area contributed by atoms with Gasteiger partial charge in [-0.25, -0.2) is 0 Å². The molecule has 5 heteroatoms. The van der Waals surface area contributed by atoms with Gasteiger partial charge in [0.05, 0.1) is 4.92 Å². The summed E-state index contributed by atoms with van der Waals surface area (Å²) in [6.45, 7) is 2.00. The minimum absolute atomic E-state index is 0.212. The molecule has 14 heavy (non-hydrogen) atoms. The van der Waals surface area contributed by atoms with Crippen LogP contribution in [0.25, 0.3) is 10.1 Å². The first-order valence-electron chi connectivity index (χ1n) is 3.92. The van der Waals surface area contributed by atoms with Crippen LogP contribution in [0.2, 0.25) is 0 Å². The predicted molar refractivity (Wildman–Crippen MR) is 65.9 cm³/mol. The highest BCUT2D eigenvalue weighted by atomic mass is 127. The van der Waals surface area contributed by atoms with Crippen molar-refractivity contribution in [2.75, 3.05) is 0 Å². The van der Waals surface area contributed by atoms with Gasteiger partial charge in [-0.2, -0.15) is 0 Å². The Bertz CT molecular complexity index is 521. The van der Waals surface area contributed by atoms with E-state index >= 15 is 0 Å². The number of nitrogens with zero attached hydrogens (tertiary/aromatic N) is 1. The Morgan fingerprint density at radius 3 is 2.86 bits per heavy atom. The summed E-state index contributed by atoms with van der Waals surface area (Å²) in [4.78, 5) is 10.2. The summed E-state index contributed by atoms with van der Waals surface area (Å²) in [5, 5.41) is 11.8. The van der Waals surface area contributed by atoms with Crippen molar-refractivity contribution in [1.82, 2.24) is 0 Å². The van der Waals surface area contributed by atoms with E-state index < -0.39 is 0 Å². The molecular formula is C9H6INO2S. The number of thiophene rings is 1. The van der Waals surface area contributed by atoms with Crippen molar-refractivity contribution in [1.29, 1.82) is 0 Å². The van der Waals surface area contributed by atoms with E-state index in [9.17, 15) is 10.1 Å². The van der Waals surface area contributed by atoms with E-state index in [4.69, 9.17) is 0 Å². The normalized spacial score (nSPS) is 10.7. The molecule has 0 spiro atoms. The van der Waals surface area contributed by atoms with Crippen LogP contribution in [0, 0.1) is 20.6 Å². The quantitative estimate of drug-likeness (QED) is 0.457. The zero-order valence-corrected chi connectivity index (χ0v) is 10.3. The van der Waals surface area contributed by atoms with Crippen molar-refractivity contribution in [3.05, 3.63) is 37.4 Å². The van der Waals surface area contributed by atoms with Gasteiger partial charge in [0.15, 0.2) is 0 Å². The van der Waals surface area contributed by atoms with Crippen molar-refractivity contribution in [3.63, 3.8) is 0 Å². The largest absolute Gasteiger partial charge is 0.325 e. The van der Waals surface area contributed by atoms with Gasteiger partial charge in [-0.15, -0.1) is 0 Å². The number of aryl methyl sites for hydroxylation is 1. The molecule has 1 aromatic heterocycles. The highest BCUT2D eigenvalue weighted by Gasteiger charge is 2.13. The number of benzene rings is 1. The van der Waals surface area contributed by atoms with Crippen molar-refractivity contribution < 1.29 is 4.92 Å². The van der Waals surface area contributed by atoms with E-state index in [-0.39, 0.29) is 9.92 Å². The summed E-state index contributed by atoms with van der Waals surface area (Å²) >= 11 is 3.45. The lowest BCUT2D eigenvalue weighted by atomic mass is 10.2. The topological polar surface area (TPSA) is 43.1 Å². The van der Waals surface area contributed by atoms with Crippen molar-refractivity contribution in [3.8, 4) is 0 Å². The third-order valence-corrected chi connectivity index (χ3v) is 4.48. The molecule has 0 N–H and O–H groups in total. The van der Waals surface area contributed by atoms with Gasteiger partial charge in [-0.3, -0.25) is 10.1 Å². The summed E-state index contributed by atoms with van der Waals surface area (Å²) in [5.41, 5.74) is 1.16. The van der Waals surface area contributed by atoms with Crippen LogP contribution in [0.1, 0.15) is 5.56 Å². The molecule has 0 bridgehead atoms. The first-order valence-corrected chi connectivity index (χ1v) is 5.82. The standard InChI is InChI=1S/C9H6INO2S/c1-5-2-3-7-6(9(5)10)4-8(14-7)11(12)13/h2-4H,1H3. The maximum atomic E-state index is 10.6. The Morgan fingerprint density at radius 1 is 1.50 bits per heavy atom. The molecule has 0 aliphatic rings. The van der Waals surface area contributed by atoms with Crippen LogP contribution in [0.3, 0.4) is 0 Å². The Morgan fingerprint density at radius 2 is 2.21 bits per heavy atom. The maximum Gasteiger partial charge on any atom is 0.325 e. The maximum absolute atomic E-state index is 10.6. The molecule has 0 unspecified atom stereocenters. The minimum Gasteiger partial charge on any atom is -0.258 e. The van der Waals surface area contributed by atoms with E-state index in [2.05, 4.69) is 22.6 Å². The number of rotatable bonds is 1. The van der Waals surface area contributed by atoms with E-state index in [1.54, 1.807) is 6.07 Å². The molecule has 1 aromatic carbocycles. The van der Waals surface area contributed by atoms with Crippen LogP contribution in [-0.2, 0) is 0 Å². The molecule has 1 heterocycles. The number of halogens is 1. The molecule has 0 aliphatic carbocycles. The lowest BCUT2D eigenvalue weighted by Crippen LogP contribution is -1.81. The summed E-state index contributed by atoms with van der Waals surface area (Å²) in [5.74, 6) is 0. The predicted octanol–water partition coefficient (Wildman–Crippen LogP) is 3.72. The van der Waals surface area contributed by atoms with Gasteiger partial charge in [0.2, 0.25) is 0 Å². The van der Waals surface area contributed by atoms with Gasteiger partial charge in [0.1, 0.15) is 0 Å². The van der Waals surface area contributed by atoms with Crippen LogP contribution >= 0.6 is 33.9 Å². The second-order valence-electron chi connectivity index (χ2n) is 2.95. The van der Waals surface area contributed by atoms with Gasteiger partial charge < -0.3 is 0 Å². The minimum atomic E-state index is -0.337. The Balaban J connectivity index is 2.77. The molecule has 2 rings (SSSR count). The molecule has 72 valence electrons. The van der Waals surface area contributed by atoms with E-state index in [1.165, 1.54) is 11.3 Å². The fourth-order valence-electron chi connectivity index (χ4n) is 1.26. The average molecular weight is 319 g/mol. The van der Waals surface area contributed by atoms with E-state index in [1.807, 2.05) is 19.1 Å². The van der Waals surface area contributed by atoms with Crippen molar-refractivity contribution >= 4 is 49.0 Å². The van der Waals surface area contributed by atoms with Crippen LogP contribution in [0.5, 0.6) is 0 Å². The second-order valence-corrected chi connectivity index (χ2v) is 5.09. The van der Waals surface area contributed by atoms with Crippen molar-refractivity contribution in [2.24, 2.45) is 0 Å². The van der Waals surface area contributed by atoms with Gasteiger partial charge in [0.25, 0.3) is 0 Å². The molecule has 0 saturated carbocycles. The lowest BCUT2D eigenvalue weighted by Gasteiger charge is -1.97. The molecule has 0 aliphatic heterocycles. The van der Waals surface area contributed by atoms with Gasteiger partial charge >= 0.3 is 5.00 Å². The SMILES string of the molecule is Cc1ccc2sc([N+](=O)[O-])cc2c1I. The fourth-order valence-corrected chi connectivity index (χ4v) is 2.96. The van der Waals surface area contributed by atoms with Crippen molar-refractivity contribution in [2.45, 2.75) is 6.92 Å². The monoisotopic (exact) mass is 319 g/mol. The van der Waals surface area contributed by atoms with E-state index in [0.29, 0.717) is 0 Å². The Labute approximate surface area is 98.0 Å². The van der Waals surface area contributed by atoms with Crippen LogP contribution in [-0.4, -0.2) is 4.92 Å². The third-order valence-electron chi connectivity index (χ3n) is 2.00. The lowest BCUT2D eigenvalue weighted by molar-refractivity contribution is -0.380. The van der Waals surface area contributed by atoms with E-state index in [0.717, 1.165) is 19.2 Å². The molecule has 0 atom stereocenters. The smallest absolute Gasteiger partial charge is 0.258 e. The average Bonchev–Trinajstić information content (AvgIpc) is 2.56. The Hall–Kier alpha value is -0.690. The molecular weight excluding hydrogens is 313 g/mol. The highest BCUT2D eigenvalue weighted by Crippen LogP contribution is 2.35. The van der Waals surface area contributed by atoms with Gasteiger partial charge in [0, 0.05) is 19.7 Å². The zero-order valence-electron chi connectivity index (χ0n) is 7.28. The molecule has 0 radical (unpaired) electrons. The summed E-state index contributed by atoms with van der Waals surface area (Å²) in [6.07, 6.45) is 0. The summed E-state index contributed by atoms with van der Waals surface area (Å²) in [6, 6.07) is 5.57. The van der Waals surface area contributed by atoms with Gasteiger partial charge in [-0.1, -0.05) is 17.4 Å². The highest BCUT2D eigenvalue weighted by molar-refractivity contribution is 14.1. The summed E-state index contributed by atoms with van der Waals surface area (Å²) in [7, 11) is 0. The van der Waals surface area contributed by atoms with Crippen LogP contribution in [0.15, 0.2) is 18.2 Å². The number of hydrogen-bond acceptors (Lipinski definition) is 3. The zero-order chi connectivity index (χ0) is 10.3. The Kier molecular flexibility index (Phi) is 2.44. The fraction of sp³-hybridized carbons (Fsp3) is 0.111. The number of hydrogen-bond donors (Lipinski definition) is 0. The second kappa shape index (κ2) is 3.47. The van der Waals surface area contributed by atoms with Crippen LogP contribution in [0.4, 0.5) is 5.00 Å². The first kappa shape index (κ1) is 9.85. The van der Waals surface area contributed by atoms with Crippen LogP contribution < -0.4 is 0 Å². The summed E-state index contributed by atoms with van der Waals surface area (Å²) < 4.78 is 2.08. The molecule has 0 amide bonds. The third kappa shape index (κ3) is 1.50. The molecule has 0 fully saturated rings. The van der Waals surface area contributed by atoms with Gasteiger partial charge in [-0.05, 0) is 41.1 Å². The molecule has 0 saturated heterocycles. The number of nitro groups is 1. The molecule has 2 aromatic rings. The molecule has 3 nitrogen and oxygen atoms in total. The number of fused-ring (bicyclic) bond motifs is 1. The first-order chi connectivity index (χ1) is 6.59.